The minimum atomic E-state index is 0.298. The Labute approximate surface area is 112 Å². The summed E-state index contributed by atoms with van der Waals surface area (Å²) in [6.07, 6.45) is 3.44. The predicted octanol–water partition coefficient (Wildman–Crippen LogP) is 2.77. The van der Waals surface area contributed by atoms with E-state index in [1.807, 2.05) is 0 Å². The fraction of sp³-hybridized carbons (Fsp3) is 0.467. The second-order valence-electron chi connectivity index (χ2n) is 5.50. The van der Waals surface area contributed by atoms with Gasteiger partial charge in [0.2, 0.25) is 5.89 Å². The van der Waals surface area contributed by atoms with E-state index in [1.54, 1.807) is 0 Å². The molecule has 1 saturated heterocycles. The van der Waals surface area contributed by atoms with Gasteiger partial charge >= 0.3 is 0 Å². The maximum atomic E-state index is 5.45. The van der Waals surface area contributed by atoms with E-state index in [9.17, 15) is 0 Å². The monoisotopic (exact) mass is 255 g/mol. The van der Waals surface area contributed by atoms with E-state index in [0.29, 0.717) is 17.9 Å². The fourth-order valence-corrected chi connectivity index (χ4v) is 2.98. The summed E-state index contributed by atoms with van der Waals surface area (Å²) >= 11 is 0. The van der Waals surface area contributed by atoms with Gasteiger partial charge in [-0.05, 0) is 37.3 Å². The van der Waals surface area contributed by atoms with Crippen molar-refractivity contribution >= 4 is 0 Å². The lowest BCUT2D eigenvalue weighted by atomic mass is 10.1. The van der Waals surface area contributed by atoms with E-state index in [-0.39, 0.29) is 0 Å². The highest BCUT2D eigenvalue weighted by Gasteiger charge is 2.43. The Bertz CT molecular complexity index is 560. The summed E-state index contributed by atoms with van der Waals surface area (Å²) in [5, 5.41) is 7.54. The molecule has 4 rings (SSSR count). The highest BCUT2D eigenvalue weighted by Crippen LogP contribution is 2.54. The first kappa shape index (κ1) is 11.2. The molecule has 0 spiro atoms. The van der Waals surface area contributed by atoms with Crippen LogP contribution in [-0.4, -0.2) is 16.7 Å². The fourth-order valence-electron chi connectivity index (χ4n) is 2.98. The Morgan fingerprint density at radius 3 is 2.84 bits per heavy atom. The highest BCUT2D eigenvalue weighted by atomic mass is 16.5. The SMILES string of the molecule is c1ccc(C2CC2c2nc(C3CCCN3)no2)cc1. The molecule has 1 aliphatic heterocycles. The standard InChI is InChI=1S/C15H17N3O/c1-2-5-10(6-3-1)11-9-12(11)15-17-14(18-19-15)13-7-4-8-16-13/h1-3,5-6,11-13,16H,4,7-9H2. The molecular weight excluding hydrogens is 238 g/mol. The summed E-state index contributed by atoms with van der Waals surface area (Å²) in [7, 11) is 0. The first-order valence-electron chi connectivity index (χ1n) is 7.03. The quantitative estimate of drug-likeness (QED) is 0.916. The zero-order chi connectivity index (χ0) is 12.7. The molecule has 3 unspecified atom stereocenters. The Hall–Kier alpha value is -1.68. The van der Waals surface area contributed by atoms with Crippen LogP contribution in [0.1, 0.15) is 54.4 Å². The third kappa shape index (κ3) is 2.06. The minimum absolute atomic E-state index is 0.298. The minimum Gasteiger partial charge on any atom is -0.339 e. The molecule has 2 heterocycles. The molecule has 2 fully saturated rings. The number of benzene rings is 1. The van der Waals surface area contributed by atoms with Gasteiger partial charge in [0.05, 0.1) is 6.04 Å². The Balaban J connectivity index is 1.49. The van der Waals surface area contributed by atoms with E-state index in [0.717, 1.165) is 31.1 Å². The smallest absolute Gasteiger partial charge is 0.230 e. The Morgan fingerprint density at radius 1 is 1.16 bits per heavy atom. The maximum absolute atomic E-state index is 5.45. The summed E-state index contributed by atoms with van der Waals surface area (Å²) < 4.78 is 5.45. The Kier molecular flexibility index (Phi) is 2.62. The lowest BCUT2D eigenvalue weighted by molar-refractivity contribution is 0.367. The second-order valence-corrected chi connectivity index (χ2v) is 5.50. The first-order chi connectivity index (χ1) is 9.42. The van der Waals surface area contributed by atoms with Crippen LogP contribution < -0.4 is 5.32 Å². The molecule has 4 heteroatoms. The van der Waals surface area contributed by atoms with E-state index in [2.05, 4.69) is 45.8 Å². The molecule has 0 amide bonds. The molecule has 0 radical (unpaired) electrons. The van der Waals surface area contributed by atoms with E-state index < -0.39 is 0 Å². The lowest BCUT2D eigenvalue weighted by Gasteiger charge is -2.01. The molecule has 0 bridgehead atoms. The average molecular weight is 255 g/mol. The topological polar surface area (TPSA) is 51.0 Å². The van der Waals surface area contributed by atoms with Crippen LogP contribution in [0.15, 0.2) is 34.9 Å². The third-order valence-electron chi connectivity index (χ3n) is 4.16. The predicted molar refractivity (Wildman–Crippen MR) is 70.8 cm³/mol. The normalized spacial score (nSPS) is 29.6. The number of nitrogens with one attached hydrogen (secondary N) is 1. The van der Waals surface area contributed by atoms with Crippen LogP contribution in [0, 0.1) is 0 Å². The van der Waals surface area contributed by atoms with E-state index in [4.69, 9.17) is 4.52 Å². The zero-order valence-corrected chi connectivity index (χ0v) is 10.7. The van der Waals surface area contributed by atoms with Gasteiger partial charge in [-0.25, -0.2) is 0 Å². The van der Waals surface area contributed by atoms with Gasteiger partial charge in [-0.3, -0.25) is 0 Å². The van der Waals surface area contributed by atoms with Gasteiger partial charge in [0.15, 0.2) is 5.82 Å². The van der Waals surface area contributed by atoms with Gasteiger partial charge in [-0.1, -0.05) is 35.5 Å². The van der Waals surface area contributed by atoms with Crippen LogP contribution in [0.25, 0.3) is 0 Å². The maximum Gasteiger partial charge on any atom is 0.230 e. The highest BCUT2D eigenvalue weighted by molar-refractivity contribution is 5.30. The van der Waals surface area contributed by atoms with Crippen molar-refractivity contribution in [2.45, 2.75) is 37.1 Å². The van der Waals surface area contributed by atoms with Crippen molar-refractivity contribution in [3.05, 3.63) is 47.6 Å². The molecule has 4 nitrogen and oxygen atoms in total. The van der Waals surface area contributed by atoms with Gasteiger partial charge in [0.25, 0.3) is 0 Å². The van der Waals surface area contributed by atoms with Crippen LogP contribution in [0.4, 0.5) is 0 Å². The number of hydrogen-bond acceptors (Lipinski definition) is 4. The molecule has 1 saturated carbocycles. The average Bonchev–Trinajstić information content (AvgIpc) is 2.90. The van der Waals surface area contributed by atoms with Crippen molar-refractivity contribution in [2.24, 2.45) is 0 Å². The first-order valence-corrected chi connectivity index (χ1v) is 7.03. The van der Waals surface area contributed by atoms with Crippen LogP contribution in [0.3, 0.4) is 0 Å². The molecule has 2 aliphatic rings. The van der Waals surface area contributed by atoms with E-state index in [1.165, 1.54) is 12.0 Å². The number of hydrogen-bond donors (Lipinski definition) is 1. The molecule has 1 aromatic carbocycles. The molecule has 1 aromatic heterocycles. The lowest BCUT2D eigenvalue weighted by Crippen LogP contribution is -2.14. The van der Waals surface area contributed by atoms with Crippen molar-refractivity contribution in [1.82, 2.24) is 15.5 Å². The van der Waals surface area contributed by atoms with Gasteiger partial charge < -0.3 is 9.84 Å². The molecular formula is C15H17N3O. The van der Waals surface area contributed by atoms with Crippen molar-refractivity contribution in [3.8, 4) is 0 Å². The van der Waals surface area contributed by atoms with Gasteiger partial charge in [-0.2, -0.15) is 4.98 Å². The molecule has 1 N–H and O–H groups in total. The van der Waals surface area contributed by atoms with Gasteiger partial charge in [-0.15, -0.1) is 0 Å². The van der Waals surface area contributed by atoms with Crippen LogP contribution in [-0.2, 0) is 0 Å². The third-order valence-corrected chi connectivity index (χ3v) is 4.16. The molecule has 1 aliphatic carbocycles. The second kappa shape index (κ2) is 4.46. The van der Waals surface area contributed by atoms with Crippen molar-refractivity contribution in [3.63, 3.8) is 0 Å². The number of rotatable bonds is 3. The van der Waals surface area contributed by atoms with E-state index >= 15 is 0 Å². The number of nitrogens with zero attached hydrogens (tertiary/aromatic N) is 2. The summed E-state index contributed by atoms with van der Waals surface area (Å²) in [5.41, 5.74) is 1.38. The van der Waals surface area contributed by atoms with Crippen molar-refractivity contribution in [1.29, 1.82) is 0 Å². The van der Waals surface area contributed by atoms with Crippen LogP contribution in [0.5, 0.6) is 0 Å². The van der Waals surface area contributed by atoms with Crippen molar-refractivity contribution < 1.29 is 4.52 Å². The van der Waals surface area contributed by atoms with Crippen LogP contribution >= 0.6 is 0 Å². The molecule has 2 aromatic rings. The molecule has 19 heavy (non-hydrogen) atoms. The zero-order valence-electron chi connectivity index (χ0n) is 10.7. The summed E-state index contributed by atoms with van der Waals surface area (Å²) in [5.74, 6) is 2.64. The summed E-state index contributed by atoms with van der Waals surface area (Å²) in [4.78, 5) is 4.59. The number of aromatic nitrogens is 2. The van der Waals surface area contributed by atoms with Gasteiger partial charge in [0, 0.05) is 5.92 Å². The molecule has 98 valence electrons. The molecule has 3 atom stereocenters. The summed E-state index contributed by atoms with van der Waals surface area (Å²) in [6.45, 7) is 1.06. The van der Waals surface area contributed by atoms with Crippen LogP contribution in [0.2, 0.25) is 0 Å². The van der Waals surface area contributed by atoms with Gasteiger partial charge in [0.1, 0.15) is 0 Å². The largest absolute Gasteiger partial charge is 0.339 e. The summed E-state index contributed by atoms with van der Waals surface area (Å²) in [6, 6.07) is 10.9. The Morgan fingerprint density at radius 2 is 2.05 bits per heavy atom. The van der Waals surface area contributed by atoms with Crippen molar-refractivity contribution in [2.75, 3.05) is 6.54 Å².